The first kappa shape index (κ1) is 24.7. The lowest BCUT2D eigenvalue weighted by molar-refractivity contribution is 0.0651. The van der Waals surface area contributed by atoms with Crippen LogP contribution in [0.25, 0.3) is 11.1 Å². The number of fused-ring (bicyclic) bond motifs is 1. The molecule has 4 rings (SSSR count). The Balaban J connectivity index is 1.29. The number of carbonyl (C=O) groups excluding carboxylic acids is 2. The van der Waals surface area contributed by atoms with E-state index < -0.39 is 0 Å². The van der Waals surface area contributed by atoms with Crippen molar-refractivity contribution in [3.8, 4) is 16.9 Å². The van der Waals surface area contributed by atoms with E-state index in [1.54, 1.807) is 24.3 Å². The minimum absolute atomic E-state index is 0.178. The summed E-state index contributed by atoms with van der Waals surface area (Å²) in [5.74, 6) is 0.518. The zero-order valence-corrected chi connectivity index (χ0v) is 21.1. The molecule has 0 saturated carbocycles. The highest BCUT2D eigenvalue weighted by Crippen LogP contribution is 2.29. The van der Waals surface area contributed by atoms with Crippen LogP contribution in [0, 0.1) is 0 Å². The van der Waals surface area contributed by atoms with Crippen LogP contribution in [-0.2, 0) is 19.3 Å². The van der Waals surface area contributed by atoms with E-state index in [-0.39, 0.29) is 11.8 Å². The first-order chi connectivity index (χ1) is 17.1. The summed E-state index contributed by atoms with van der Waals surface area (Å²) >= 11 is 0. The molecule has 1 heterocycles. The van der Waals surface area contributed by atoms with Gasteiger partial charge >= 0.3 is 0 Å². The van der Waals surface area contributed by atoms with Crippen molar-refractivity contribution in [2.45, 2.75) is 59.3 Å². The number of benzene rings is 3. The highest BCUT2D eigenvalue weighted by molar-refractivity contribution is 6.21. The van der Waals surface area contributed by atoms with Gasteiger partial charge in [0, 0.05) is 6.54 Å². The van der Waals surface area contributed by atoms with Crippen molar-refractivity contribution in [2.24, 2.45) is 0 Å². The molecule has 0 spiro atoms. The van der Waals surface area contributed by atoms with Crippen LogP contribution in [0.2, 0.25) is 0 Å². The molecule has 0 unspecified atom stereocenters. The van der Waals surface area contributed by atoms with Gasteiger partial charge in [-0.15, -0.1) is 0 Å². The molecule has 182 valence electrons. The Morgan fingerprint density at radius 3 is 1.94 bits per heavy atom. The van der Waals surface area contributed by atoms with Gasteiger partial charge in [-0.1, -0.05) is 57.2 Å². The zero-order chi connectivity index (χ0) is 24.8. The number of unbranched alkanes of at least 4 members (excludes halogenated alkanes) is 2. The van der Waals surface area contributed by atoms with Crippen molar-refractivity contribution in [1.29, 1.82) is 0 Å². The minimum Gasteiger partial charge on any atom is -0.494 e. The van der Waals surface area contributed by atoms with Crippen molar-refractivity contribution in [3.63, 3.8) is 0 Å². The molecule has 0 radical (unpaired) electrons. The van der Waals surface area contributed by atoms with Gasteiger partial charge in [0.2, 0.25) is 0 Å². The van der Waals surface area contributed by atoms with Crippen LogP contribution in [0.3, 0.4) is 0 Å². The quantitative estimate of drug-likeness (QED) is 0.227. The van der Waals surface area contributed by atoms with Crippen LogP contribution in [0.5, 0.6) is 5.75 Å². The summed E-state index contributed by atoms with van der Waals surface area (Å²) in [6.45, 7) is 7.76. The van der Waals surface area contributed by atoms with E-state index in [0.29, 0.717) is 24.3 Å². The van der Waals surface area contributed by atoms with Gasteiger partial charge in [-0.25, -0.2) is 0 Å². The molecule has 2 amide bonds. The van der Waals surface area contributed by atoms with E-state index in [9.17, 15) is 9.59 Å². The van der Waals surface area contributed by atoms with Gasteiger partial charge in [-0.3, -0.25) is 14.5 Å². The lowest BCUT2D eigenvalue weighted by atomic mass is 9.90. The van der Waals surface area contributed by atoms with Gasteiger partial charge in [-0.2, -0.15) is 0 Å². The van der Waals surface area contributed by atoms with E-state index >= 15 is 0 Å². The Morgan fingerprint density at radius 1 is 0.686 bits per heavy atom. The summed E-state index contributed by atoms with van der Waals surface area (Å²) in [7, 11) is 0. The van der Waals surface area contributed by atoms with Crippen molar-refractivity contribution in [1.82, 2.24) is 4.90 Å². The second-order valence-electron chi connectivity index (χ2n) is 9.08. The molecular weight excluding hydrogens is 434 g/mol. The average Bonchev–Trinajstić information content (AvgIpc) is 3.14. The highest BCUT2D eigenvalue weighted by atomic mass is 16.5. The number of nitrogens with zero attached hydrogens (tertiary/aromatic N) is 1. The van der Waals surface area contributed by atoms with Gasteiger partial charge in [0.25, 0.3) is 11.8 Å². The van der Waals surface area contributed by atoms with Crippen LogP contribution in [0.4, 0.5) is 0 Å². The molecule has 0 bridgehead atoms. The second-order valence-corrected chi connectivity index (χ2v) is 9.08. The fourth-order valence-corrected chi connectivity index (χ4v) is 5.00. The average molecular weight is 470 g/mol. The van der Waals surface area contributed by atoms with Gasteiger partial charge in [0.15, 0.2) is 0 Å². The third-order valence-corrected chi connectivity index (χ3v) is 6.89. The van der Waals surface area contributed by atoms with Gasteiger partial charge in [0.1, 0.15) is 5.75 Å². The number of hydrogen-bond acceptors (Lipinski definition) is 3. The lowest BCUT2D eigenvalue weighted by Gasteiger charge is -2.15. The number of hydrogen-bond donors (Lipinski definition) is 0. The van der Waals surface area contributed by atoms with E-state index in [1.165, 1.54) is 32.7 Å². The van der Waals surface area contributed by atoms with Crippen molar-refractivity contribution in [3.05, 3.63) is 88.5 Å². The van der Waals surface area contributed by atoms with Crippen LogP contribution < -0.4 is 4.74 Å². The standard InChI is InChI=1S/C31H35NO3/c1-4-22-19-25(20-23(5-2)27(22)6-3)24-13-12-14-26(21-24)35-18-11-7-10-17-32-30(33)28-15-8-9-16-29(28)31(32)34/h8-9,12-16,19-21H,4-7,10-11,17-18H2,1-3H3. The van der Waals surface area contributed by atoms with Crippen molar-refractivity contribution < 1.29 is 14.3 Å². The molecule has 3 aromatic carbocycles. The first-order valence-corrected chi connectivity index (χ1v) is 12.9. The number of carbonyl (C=O) groups is 2. The maximum atomic E-state index is 12.5. The Hall–Kier alpha value is -3.40. The minimum atomic E-state index is -0.178. The van der Waals surface area contributed by atoms with Gasteiger partial charge in [0.05, 0.1) is 17.7 Å². The van der Waals surface area contributed by atoms with E-state index in [4.69, 9.17) is 4.74 Å². The van der Waals surface area contributed by atoms with E-state index in [1.807, 2.05) is 6.07 Å². The molecule has 0 aliphatic carbocycles. The maximum Gasteiger partial charge on any atom is 0.261 e. The number of imide groups is 1. The monoisotopic (exact) mass is 469 g/mol. The highest BCUT2D eigenvalue weighted by Gasteiger charge is 2.34. The van der Waals surface area contributed by atoms with Gasteiger partial charge in [-0.05, 0) is 90.6 Å². The molecule has 0 saturated heterocycles. The summed E-state index contributed by atoms with van der Waals surface area (Å²) in [6, 6.07) is 20.0. The summed E-state index contributed by atoms with van der Waals surface area (Å²) in [4.78, 5) is 26.3. The number of rotatable bonds is 11. The Kier molecular flexibility index (Phi) is 8.02. The van der Waals surface area contributed by atoms with E-state index in [0.717, 1.165) is 44.3 Å². The molecule has 0 fully saturated rings. The SMILES string of the molecule is CCc1cc(-c2cccc(OCCCCCN3C(=O)c4ccccc4C3=O)c2)cc(CC)c1CC. The summed E-state index contributed by atoms with van der Waals surface area (Å²) < 4.78 is 6.04. The Morgan fingerprint density at radius 2 is 1.34 bits per heavy atom. The van der Waals surface area contributed by atoms with E-state index in [2.05, 4.69) is 51.1 Å². The third kappa shape index (κ3) is 5.32. The number of ether oxygens (including phenoxy) is 1. The Bertz CT molecular complexity index is 1150. The third-order valence-electron chi connectivity index (χ3n) is 6.89. The smallest absolute Gasteiger partial charge is 0.261 e. The van der Waals surface area contributed by atoms with Crippen LogP contribution in [0.15, 0.2) is 60.7 Å². The number of amides is 2. The van der Waals surface area contributed by atoms with Crippen molar-refractivity contribution >= 4 is 11.8 Å². The second kappa shape index (κ2) is 11.4. The number of aryl methyl sites for hydroxylation is 2. The topological polar surface area (TPSA) is 46.6 Å². The zero-order valence-electron chi connectivity index (χ0n) is 21.1. The summed E-state index contributed by atoms with van der Waals surface area (Å²) in [5.41, 5.74) is 7.83. The molecule has 35 heavy (non-hydrogen) atoms. The molecule has 0 N–H and O–H groups in total. The van der Waals surface area contributed by atoms with Crippen LogP contribution >= 0.6 is 0 Å². The fourth-order valence-electron chi connectivity index (χ4n) is 5.00. The summed E-state index contributed by atoms with van der Waals surface area (Å²) in [6.07, 6.45) is 5.70. The largest absolute Gasteiger partial charge is 0.494 e. The first-order valence-electron chi connectivity index (χ1n) is 12.9. The molecular formula is C31H35NO3. The van der Waals surface area contributed by atoms with Gasteiger partial charge < -0.3 is 4.74 Å². The molecule has 1 aliphatic heterocycles. The van der Waals surface area contributed by atoms with Crippen LogP contribution in [0.1, 0.15) is 77.4 Å². The molecule has 3 aromatic rings. The lowest BCUT2D eigenvalue weighted by Crippen LogP contribution is -2.30. The van der Waals surface area contributed by atoms with Crippen LogP contribution in [-0.4, -0.2) is 29.9 Å². The Labute approximate surface area is 208 Å². The molecule has 4 heteroatoms. The molecule has 0 aromatic heterocycles. The molecule has 0 atom stereocenters. The fraction of sp³-hybridized carbons (Fsp3) is 0.355. The molecule has 1 aliphatic rings. The maximum absolute atomic E-state index is 12.5. The normalized spacial score (nSPS) is 12.8. The predicted molar refractivity (Wildman–Crippen MR) is 141 cm³/mol. The summed E-state index contributed by atoms with van der Waals surface area (Å²) in [5, 5.41) is 0. The predicted octanol–water partition coefficient (Wildman–Crippen LogP) is 6.89. The molecule has 4 nitrogen and oxygen atoms in total. The van der Waals surface area contributed by atoms with Crippen molar-refractivity contribution in [2.75, 3.05) is 13.2 Å².